The van der Waals surface area contributed by atoms with Crippen LogP contribution in [0.4, 0.5) is 4.39 Å². The van der Waals surface area contributed by atoms with Crippen molar-refractivity contribution in [2.75, 3.05) is 7.05 Å². The fourth-order valence-electron chi connectivity index (χ4n) is 1.35. The van der Waals surface area contributed by atoms with E-state index in [0.717, 1.165) is 5.56 Å². The molecule has 0 saturated heterocycles. The van der Waals surface area contributed by atoms with Gasteiger partial charge in [-0.2, -0.15) is 0 Å². The standard InChI is InChI=1S/C11H14FNO2/c1-13-10(11(14)15)7-4-8-2-5-9(12)6-3-8/h2-3,5-6,10,13H,4,7H2,1H3,(H,14,15)/t10-/m0/s1. The van der Waals surface area contributed by atoms with Crippen LogP contribution in [-0.4, -0.2) is 24.2 Å². The fourth-order valence-corrected chi connectivity index (χ4v) is 1.35. The van der Waals surface area contributed by atoms with E-state index in [0.29, 0.717) is 12.8 Å². The van der Waals surface area contributed by atoms with Crippen LogP contribution in [0.2, 0.25) is 0 Å². The summed E-state index contributed by atoms with van der Waals surface area (Å²) in [7, 11) is 1.61. The normalized spacial score (nSPS) is 12.4. The second-order valence-electron chi connectivity index (χ2n) is 3.34. The third kappa shape index (κ3) is 3.67. The van der Waals surface area contributed by atoms with Crippen LogP contribution in [0.1, 0.15) is 12.0 Å². The van der Waals surface area contributed by atoms with Crippen LogP contribution < -0.4 is 5.32 Å². The van der Waals surface area contributed by atoms with Crippen LogP contribution in [0.25, 0.3) is 0 Å². The quantitative estimate of drug-likeness (QED) is 0.774. The van der Waals surface area contributed by atoms with Crippen molar-refractivity contribution >= 4 is 5.97 Å². The van der Waals surface area contributed by atoms with E-state index in [-0.39, 0.29) is 5.82 Å². The minimum Gasteiger partial charge on any atom is -0.480 e. The Balaban J connectivity index is 2.49. The molecule has 0 heterocycles. The van der Waals surface area contributed by atoms with E-state index in [1.54, 1.807) is 19.2 Å². The third-order valence-corrected chi connectivity index (χ3v) is 2.28. The van der Waals surface area contributed by atoms with Gasteiger partial charge in [0, 0.05) is 0 Å². The molecule has 2 N–H and O–H groups in total. The molecule has 1 atom stereocenters. The Morgan fingerprint density at radius 3 is 2.53 bits per heavy atom. The second kappa shape index (κ2) is 5.46. The van der Waals surface area contributed by atoms with E-state index >= 15 is 0 Å². The van der Waals surface area contributed by atoms with Crippen molar-refractivity contribution in [2.24, 2.45) is 0 Å². The Hall–Kier alpha value is -1.42. The first kappa shape index (κ1) is 11.7. The van der Waals surface area contributed by atoms with Crippen molar-refractivity contribution in [3.8, 4) is 0 Å². The maximum atomic E-state index is 12.6. The van der Waals surface area contributed by atoms with Gasteiger partial charge in [-0.1, -0.05) is 12.1 Å². The molecule has 0 aliphatic heterocycles. The molecule has 0 fully saturated rings. The molecule has 4 heteroatoms. The molecule has 1 rings (SSSR count). The highest BCUT2D eigenvalue weighted by atomic mass is 19.1. The molecule has 1 aromatic rings. The molecule has 82 valence electrons. The first-order valence-electron chi connectivity index (χ1n) is 4.78. The van der Waals surface area contributed by atoms with Crippen molar-refractivity contribution in [1.82, 2.24) is 5.32 Å². The summed E-state index contributed by atoms with van der Waals surface area (Å²) in [6.07, 6.45) is 1.12. The number of aliphatic carboxylic acids is 1. The van der Waals surface area contributed by atoms with Crippen LogP contribution in [0.3, 0.4) is 0 Å². The molecule has 3 nitrogen and oxygen atoms in total. The Morgan fingerprint density at radius 2 is 2.07 bits per heavy atom. The monoisotopic (exact) mass is 211 g/mol. The molecule has 15 heavy (non-hydrogen) atoms. The number of likely N-dealkylation sites (N-methyl/N-ethyl adjacent to an activating group) is 1. The molecule has 0 amide bonds. The number of halogens is 1. The molecular formula is C11H14FNO2. The van der Waals surface area contributed by atoms with Crippen LogP contribution in [0.5, 0.6) is 0 Å². The highest BCUT2D eigenvalue weighted by Crippen LogP contribution is 2.07. The molecule has 0 unspecified atom stereocenters. The van der Waals surface area contributed by atoms with Gasteiger partial charge in [-0.3, -0.25) is 4.79 Å². The molecule has 0 spiro atoms. The van der Waals surface area contributed by atoms with Crippen LogP contribution in [0.15, 0.2) is 24.3 Å². The molecular weight excluding hydrogens is 197 g/mol. The van der Waals surface area contributed by atoms with Crippen molar-refractivity contribution in [1.29, 1.82) is 0 Å². The molecule has 0 aromatic heterocycles. The molecule has 0 radical (unpaired) electrons. The average Bonchev–Trinajstić information content (AvgIpc) is 2.21. The first-order valence-corrected chi connectivity index (χ1v) is 4.78. The van der Waals surface area contributed by atoms with Gasteiger partial charge in [0.15, 0.2) is 0 Å². The zero-order chi connectivity index (χ0) is 11.3. The maximum Gasteiger partial charge on any atom is 0.320 e. The Bertz CT molecular complexity index is 324. The van der Waals surface area contributed by atoms with Gasteiger partial charge in [0.05, 0.1) is 0 Å². The molecule has 0 bridgehead atoms. The van der Waals surface area contributed by atoms with Gasteiger partial charge in [-0.05, 0) is 37.6 Å². The zero-order valence-corrected chi connectivity index (χ0v) is 8.53. The minimum absolute atomic E-state index is 0.276. The zero-order valence-electron chi connectivity index (χ0n) is 8.53. The number of rotatable bonds is 5. The predicted octanol–water partition coefficient (Wildman–Crippen LogP) is 1.43. The summed E-state index contributed by atoms with van der Waals surface area (Å²) in [4.78, 5) is 10.7. The molecule has 1 aromatic carbocycles. The molecule has 0 saturated carbocycles. The highest BCUT2D eigenvalue weighted by Gasteiger charge is 2.13. The maximum absolute atomic E-state index is 12.6. The number of hydrogen-bond donors (Lipinski definition) is 2. The Labute approximate surface area is 87.9 Å². The lowest BCUT2D eigenvalue weighted by molar-refractivity contribution is -0.139. The van der Waals surface area contributed by atoms with Gasteiger partial charge < -0.3 is 10.4 Å². The molecule has 0 aliphatic rings. The van der Waals surface area contributed by atoms with Crippen molar-refractivity contribution < 1.29 is 14.3 Å². The highest BCUT2D eigenvalue weighted by molar-refractivity contribution is 5.73. The van der Waals surface area contributed by atoms with Crippen LogP contribution >= 0.6 is 0 Å². The number of carboxylic acids is 1. The fraction of sp³-hybridized carbons (Fsp3) is 0.364. The Morgan fingerprint density at radius 1 is 1.47 bits per heavy atom. The van der Waals surface area contributed by atoms with E-state index in [2.05, 4.69) is 5.32 Å². The van der Waals surface area contributed by atoms with Gasteiger partial charge in [-0.25, -0.2) is 4.39 Å². The summed E-state index contributed by atoms with van der Waals surface area (Å²) in [5, 5.41) is 11.5. The summed E-state index contributed by atoms with van der Waals surface area (Å²) >= 11 is 0. The van der Waals surface area contributed by atoms with E-state index in [1.807, 2.05) is 0 Å². The van der Waals surface area contributed by atoms with Gasteiger partial charge in [-0.15, -0.1) is 0 Å². The number of aryl methyl sites for hydroxylation is 1. The third-order valence-electron chi connectivity index (χ3n) is 2.28. The minimum atomic E-state index is -0.861. The van der Waals surface area contributed by atoms with Crippen LogP contribution in [-0.2, 0) is 11.2 Å². The van der Waals surface area contributed by atoms with Gasteiger partial charge in [0.1, 0.15) is 11.9 Å². The van der Waals surface area contributed by atoms with Crippen molar-refractivity contribution in [3.63, 3.8) is 0 Å². The van der Waals surface area contributed by atoms with Gasteiger partial charge >= 0.3 is 5.97 Å². The van der Waals surface area contributed by atoms with E-state index in [1.165, 1.54) is 12.1 Å². The van der Waals surface area contributed by atoms with Gasteiger partial charge in [0.2, 0.25) is 0 Å². The summed E-state index contributed by atoms with van der Waals surface area (Å²) in [5.74, 6) is -1.14. The van der Waals surface area contributed by atoms with Crippen molar-refractivity contribution in [2.45, 2.75) is 18.9 Å². The summed E-state index contributed by atoms with van der Waals surface area (Å²) < 4.78 is 12.6. The van der Waals surface area contributed by atoms with Crippen molar-refractivity contribution in [3.05, 3.63) is 35.6 Å². The largest absolute Gasteiger partial charge is 0.480 e. The summed E-state index contributed by atoms with van der Waals surface area (Å²) in [5.41, 5.74) is 0.943. The lowest BCUT2D eigenvalue weighted by Crippen LogP contribution is -2.34. The topological polar surface area (TPSA) is 49.3 Å². The van der Waals surface area contributed by atoms with E-state index in [4.69, 9.17) is 5.11 Å². The average molecular weight is 211 g/mol. The number of carbonyl (C=O) groups is 1. The van der Waals surface area contributed by atoms with E-state index < -0.39 is 12.0 Å². The second-order valence-corrected chi connectivity index (χ2v) is 3.34. The number of benzene rings is 1. The van der Waals surface area contributed by atoms with Gasteiger partial charge in [0.25, 0.3) is 0 Å². The van der Waals surface area contributed by atoms with E-state index in [9.17, 15) is 9.18 Å². The smallest absolute Gasteiger partial charge is 0.320 e. The Kier molecular flexibility index (Phi) is 4.24. The SMILES string of the molecule is CN[C@@H](CCc1ccc(F)cc1)C(=O)O. The molecule has 0 aliphatic carbocycles. The first-order chi connectivity index (χ1) is 7.13. The number of carboxylic acid groups (broad SMARTS) is 1. The lowest BCUT2D eigenvalue weighted by atomic mass is 10.1. The van der Waals surface area contributed by atoms with Crippen LogP contribution in [0, 0.1) is 5.82 Å². The number of hydrogen-bond acceptors (Lipinski definition) is 2. The summed E-state index contributed by atoms with van der Waals surface area (Å²) in [6, 6.07) is 5.55. The summed E-state index contributed by atoms with van der Waals surface area (Å²) in [6.45, 7) is 0. The predicted molar refractivity (Wildman–Crippen MR) is 55.2 cm³/mol. The number of nitrogens with one attached hydrogen (secondary N) is 1. The lowest BCUT2D eigenvalue weighted by Gasteiger charge is -2.10.